The lowest BCUT2D eigenvalue weighted by molar-refractivity contribution is -0.118. The SMILES string of the molecule is CC(=NNC(=O)CSc1ccccn1)c1ccc(Br)cc1. The molecular formula is C15H14BrN3OS. The normalized spacial score (nSPS) is 11.2. The van der Waals surface area contributed by atoms with E-state index in [0.29, 0.717) is 0 Å². The van der Waals surface area contributed by atoms with E-state index in [1.54, 1.807) is 6.20 Å². The van der Waals surface area contributed by atoms with Crippen molar-refractivity contribution in [3.63, 3.8) is 0 Å². The second-order valence-electron chi connectivity index (χ2n) is 4.20. The molecule has 0 aliphatic heterocycles. The van der Waals surface area contributed by atoms with E-state index >= 15 is 0 Å². The number of hydrogen-bond acceptors (Lipinski definition) is 4. The number of halogens is 1. The number of benzene rings is 1. The summed E-state index contributed by atoms with van der Waals surface area (Å²) >= 11 is 4.76. The van der Waals surface area contributed by atoms with E-state index in [1.165, 1.54) is 11.8 Å². The van der Waals surface area contributed by atoms with Crippen LogP contribution in [0.25, 0.3) is 0 Å². The number of aromatic nitrogens is 1. The zero-order valence-electron chi connectivity index (χ0n) is 11.4. The van der Waals surface area contributed by atoms with Crippen molar-refractivity contribution >= 4 is 39.3 Å². The van der Waals surface area contributed by atoms with Gasteiger partial charge in [-0.25, -0.2) is 10.4 Å². The van der Waals surface area contributed by atoms with E-state index in [2.05, 4.69) is 31.4 Å². The number of thioether (sulfide) groups is 1. The van der Waals surface area contributed by atoms with E-state index in [0.717, 1.165) is 20.8 Å². The Morgan fingerprint density at radius 1 is 1.29 bits per heavy atom. The third-order valence-electron chi connectivity index (χ3n) is 2.60. The van der Waals surface area contributed by atoms with Crippen LogP contribution in [0.3, 0.4) is 0 Å². The van der Waals surface area contributed by atoms with Crippen LogP contribution in [0.5, 0.6) is 0 Å². The van der Waals surface area contributed by atoms with E-state index in [-0.39, 0.29) is 11.7 Å². The summed E-state index contributed by atoms with van der Waals surface area (Å²) in [5.74, 6) is 0.135. The fourth-order valence-corrected chi connectivity index (χ4v) is 2.42. The number of pyridine rings is 1. The van der Waals surface area contributed by atoms with E-state index in [1.807, 2.05) is 49.4 Å². The van der Waals surface area contributed by atoms with Crippen LogP contribution in [0.1, 0.15) is 12.5 Å². The lowest BCUT2D eigenvalue weighted by Crippen LogP contribution is -2.21. The fraction of sp³-hybridized carbons (Fsp3) is 0.133. The molecule has 1 aromatic carbocycles. The smallest absolute Gasteiger partial charge is 0.250 e. The summed E-state index contributed by atoms with van der Waals surface area (Å²) in [6.45, 7) is 1.86. The first-order valence-corrected chi connectivity index (χ1v) is 8.06. The van der Waals surface area contributed by atoms with Crippen molar-refractivity contribution in [3.05, 3.63) is 58.7 Å². The number of carbonyl (C=O) groups is 1. The highest BCUT2D eigenvalue weighted by Gasteiger charge is 2.03. The number of carbonyl (C=O) groups excluding carboxylic acids is 1. The molecule has 0 aliphatic carbocycles. The molecule has 0 aliphatic rings. The van der Waals surface area contributed by atoms with Gasteiger partial charge in [0.15, 0.2) is 0 Å². The average molecular weight is 364 g/mol. The summed E-state index contributed by atoms with van der Waals surface area (Å²) in [5, 5.41) is 4.92. The van der Waals surface area contributed by atoms with Gasteiger partial charge in [-0.05, 0) is 36.8 Å². The largest absolute Gasteiger partial charge is 0.272 e. The molecule has 1 aromatic heterocycles. The van der Waals surface area contributed by atoms with Gasteiger partial charge in [-0.2, -0.15) is 5.10 Å². The molecule has 6 heteroatoms. The third kappa shape index (κ3) is 5.32. The van der Waals surface area contributed by atoms with E-state index < -0.39 is 0 Å². The first-order chi connectivity index (χ1) is 10.1. The van der Waals surface area contributed by atoms with E-state index in [4.69, 9.17) is 0 Å². The van der Waals surface area contributed by atoms with Gasteiger partial charge in [-0.15, -0.1) is 0 Å². The van der Waals surface area contributed by atoms with Crippen molar-refractivity contribution < 1.29 is 4.79 Å². The van der Waals surface area contributed by atoms with Crippen LogP contribution in [-0.2, 0) is 4.79 Å². The Hall–Kier alpha value is -1.66. The molecule has 2 aromatic rings. The molecule has 108 valence electrons. The molecule has 21 heavy (non-hydrogen) atoms. The minimum Gasteiger partial charge on any atom is -0.272 e. The molecule has 0 unspecified atom stereocenters. The minimum absolute atomic E-state index is 0.151. The highest BCUT2D eigenvalue weighted by Crippen LogP contribution is 2.13. The van der Waals surface area contributed by atoms with Gasteiger partial charge in [0.25, 0.3) is 0 Å². The summed E-state index contributed by atoms with van der Waals surface area (Å²) in [5.41, 5.74) is 4.29. The van der Waals surface area contributed by atoms with Crippen LogP contribution in [0.4, 0.5) is 0 Å². The van der Waals surface area contributed by atoms with Gasteiger partial charge in [0, 0.05) is 10.7 Å². The molecule has 0 fully saturated rings. The Kier molecular flexibility index (Phi) is 5.95. The molecule has 4 nitrogen and oxygen atoms in total. The molecular weight excluding hydrogens is 350 g/mol. The Bertz CT molecular complexity index is 629. The van der Waals surface area contributed by atoms with Crippen molar-refractivity contribution in [2.75, 3.05) is 5.75 Å². The van der Waals surface area contributed by atoms with Crippen molar-refractivity contribution in [1.29, 1.82) is 0 Å². The predicted molar refractivity (Wildman–Crippen MR) is 89.5 cm³/mol. The summed E-state index contributed by atoms with van der Waals surface area (Å²) in [6.07, 6.45) is 1.70. The van der Waals surface area contributed by atoms with Gasteiger partial charge in [-0.1, -0.05) is 45.9 Å². The Morgan fingerprint density at radius 2 is 2.05 bits per heavy atom. The maximum absolute atomic E-state index is 11.7. The zero-order chi connectivity index (χ0) is 15.1. The third-order valence-corrected chi connectivity index (χ3v) is 4.07. The number of rotatable bonds is 5. The van der Waals surface area contributed by atoms with Crippen LogP contribution < -0.4 is 5.43 Å². The van der Waals surface area contributed by atoms with Gasteiger partial charge in [-0.3, -0.25) is 4.79 Å². The molecule has 0 spiro atoms. The van der Waals surface area contributed by atoms with Crippen molar-refractivity contribution in [3.8, 4) is 0 Å². The highest BCUT2D eigenvalue weighted by molar-refractivity contribution is 9.10. The van der Waals surface area contributed by atoms with E-state index in [9.17, 15) is 4.79 Å². The van der Waals surface area contributed by atoms with Gasteiger partial charge >= 0.3 is 0 Å². The van der Waals surface area contributed by atoms with Crippen molar-refractivity contribution in [2.45, 2.75) is 11.9 Å². The second-order valence-corrected chi connectivity index (χ2v) is 6.11. The summed E-state index contributed by atoms with van der Waals surface area (Å²) in [7, 11) is 0. The number of nitrogens with one attached hydrogen (secondary N) is 1. The molecule has 0 saturated heterocycles. The Morgan fingerprint density at radius 3 is 2.71 bits per heavy atom. The number of hydrogen-bond donors (Lipinski definition) is 1. The molecule has 1 amide bonds. The standard InChI is InChI=1S/C15H14BrN3OS/c1-11(12-5-7-13(16)8-6-12)18-19-14(20)10-21-15-4-2-3-9-17-15/h2-9H,10H2,1H3,(H,19,20). The fourth-order valence-electron chi connectivity index (χ4n) is 1.51. The number of hydrazone groups is 1. The summed E-state index contributed by atoms with van der Waals surface area (Å²) in [4.78, 5) is 15.9. The first kappa shape index (κ1) is 15.7. The molecule has 0 bridgehead atoms. The highest BCUT2D eigenvalue weighted by atomic mass is 79.9. The van der Waals surface area contributed by atoms with Gasteiger partial charge < -0.3 is 0 Å². The topological polar surface area (TPSA) is 54.4 Å². The molecule has 2 rings (SSSR count). The second kappa shape index (κ2) is 7.95. The predicted octanol–water partition coefficient (Wildman–Crippen LogP) is 3.48. The first-order valence-electron chi connectivity index (χ1n) is 6.28. The molecule has 0 atom stereocenters. The van der Waals surface area contributed by atoms with Crippen LogP contribution in [0, 0.1) is 0 Å². The van der Waals surface area contributed by atoms with Crippen LogP contribution in [-0.4, -0.2) is 22.4 Å². The monoisotopic (exact) mass is 363 g/mol. The molecule has 1 N–H and O–H groups in total. The maximum atomic E-state index is 11.7. The minimum atomic E-state index is -0.151. The van der Waals surface area contributed by atoms with Crippen LogP contribution >= 0.6 is 27.7 Å². The molecule has 0 saturated carbocycles. The maximum Gasteiger partial charge on any atom is 0.250 e. The Labute approximate surface area is 136 Å². The zero-order valence-corrected chi connectivity index (χ0v) is 13.8. The average Bonchev–Trinajstić information content (AvgIpc) is 2.52. The molecule has 1 heterocycles. The lowest BCUT2D eigenvalue weighted by atomic mass is 10.1. The summed E-state index contributed by atoms with van der Waals surface area (Å²) < 4.78 is 1.01. The summed E-state index contributed by atoms with van der Waals surface area (Å²) in [6, 6.07) is 13.4. The van der Waals surface area contributed by atoms with Crippen molar-refractivity contribution in [2.24, 2.45) is 5.10 Å². The number of nitrogens with zero attached hydrogens (tertiary/aromatic N) is 2. The Balaban J connectivity index is 1.85. The van der Waals surface area contributed by atoms with Crippen LogP contribution in [0.2, 0.25) is 0 Å². The van der Waals surface area contributed by atoms with Crippen LogP contribution in [0.15, 0.2) is 63.3 Å². The number of amides is 1. The molecule has 0 radical (unpaired) electrons. The van der Waals surface area contributed by atoms with Gasteiger partial charge in [0.1, 0.15) is 0 Å². The quantitative estimate of drug-likeness (QED) is 0.502. The van der Waals surface area contributed by atoms with Gasteiger partial charge in [0.2, 0.25) is 5.91 Å². The van der Waals surface area contributed by atoms with Gasteiger partial charge in [0.05, 0.1) is 16.5 Å². The van der Waals surface area contributed by atoms with Crippen molar-refractivity contribution in [1.82, 2.24) is 10.4 Å². The lowest BCUT2D eigenvalue weighted by Gasteiger charge is -2.03.